The molecule has 0 aliphatic carbocycles. The normalized spacial score (nSPS) is 12.4. The van der Waals surface area contributed by atoms with Gasteiger partial charge in [0.2, 0.25) is 0 Å². The molecule has 2 aromatic rings. The zero-order valence-electron chi connectivity index (χ0n) is 12.2. The van der Waals surface area contributed by atoms with Crippen LogP contribution in [-0.2, 0) is 6.42 Å². The average Bonchev–Trinajstić information content (AvgIpc) is 2.96. The molecule has 0 radical (unpaired) electrons. The summed E-state index contributed by atoms with van der Waals surface area (Å²) in [5.74, 6) is 0.969. The Morgan fingerprint density at radius 1 is 1.29 bits per heavy atom. The number of halogens is 2. The van der Waals surface area contributed by atoms with Crippen LogP contribution in [0.2, 0.25) is 10.0 Å². The highest BCUT2D eigenvalue weighted by Crippen LogP contribution is 2.39. The molecule has 1 aromatic carbocycles. The Hall–Kier alpha value is -1.26. The number of H-pyrrole nitrogens is 1. The van der Waals surface area contributed by atoms with Crippen molar-refractivity contribution in [2.45, 2.75) is 39.0 Å². The van der Waals surface area contributed by atoms with E-state index in [1.807, 2.05) is 6.07 Å². The van der Waals surface area contributed by atoms with Gasteiger partial charge in [0, 0.05) is 17.0 Å². The van der Waals surface area contributed by atoms with Crippen LogP contribution >= 0.6 is 23.2 Å². The summed E-state index contributed by atoms with van der Waals surface area (Å²) in [6.07, 6.45) is 4.37. The third kappa shape index (κ3) is 4.11. The summed E-state index contributed by atoms with van der Waals surface area (Å²) < 4.78 is 5.84. The highest BCUT2D eigenvalue weighted by Gasteiger charge is 2.20. The number of ether oxygens (including phenoxy) is 1. The van der Waals surface area contributed by atoms with Crippen molar-refractivity contribution in [1.29, 1.82) is 0 Å². The van der Waals surface area contributed by atoms with Gasteiger partial charge < -0.3 is 4.74 Å². The third-order valence-electron chi connectivity index (χ3n) is 3.34. The summed E-state index contributed by atoms with van der Waals surface area (Å²) in [6.45, 7) is 4.83. The number of nitrogens with zero attached hydrogens (tertiary/aromatic N) is 2. The van der Waals surface area contributed by atoms with E-state index in [0.717, 1.165) is 36.3 Å². The average molecular weight is 328 g/mol. The first-order chi connectivity index (χ1) is 10.2. The summed E-state index contributed by atoms with van der Waals surface area (Å²) in [7, 11) is 0. The van der Waals surface area contributed by atoms with Crippen LogP contribution in [0, 0.1) is 0 Å². The topological polar surface area (TPSA) is 50.8 Å². The van der Waals surface area contributed by atoms with Crippen LogP contribution in [0.4, 0.5) is 0 Å². The Morgan fingerprint density at radius 3 is 2.71 bits per heavy atom. The van der Waals surface area contributed by atoms with E-state index < -0.39 is 0 Å². The molecule has 1 N–H and O–H groups in total. The van der Waals surface area contributed by atoms with Gasteiger partial charge in [0.25, 0.3) is 0 Å². The van der Waals surface area contributed by atoms with Gasteiger partial charge in [-0.3, -0.25) is 0 Å². The lowest BCUT2D eigenvalue weighted by molar-refractivity contribution is 0.311. The molecule has 21 heavy (non-hydrogen) atoms. The van der Waals surface area contributed by atoms with Gasteiger partial charge in [0.1, 0.15) is 5.75 Å². The summed E-state index contributed by atoms with van der Waals surface area (Å²) in [6, 6.07) is 3.66. The van der Waals surface area contributed by atoms with Crippen LogP contribution < -0.4 is 4.74 Å². The molecule has 0 aliphatic rings. The van der Waals surface area contributed by atoms with E-state index in [1.165, 1.54) is 0 Å². The Bertz CT molecular complexity index is 573. The van der Waals surface area contributed by atoms with Crippen molar-refractivity contribution >= 4 is 23.2 Å². The minimum Gasteiger partial charge on any atom is -0.492 e. The summed E-state index contributed by atoms with van der Waals surface area (Å²) in [5.41, 5.74) is 1.95. The predicted octanol–water partition coefficient (Wildman–Crippen LogP) is 4.64. The predicted molar refractivity (Wildman–Crippen MR) is 85.4 cm³/mol. The maximum absolute atomic E-state index is 6.31. The molecule has 0 saturated carbocycles. The molecule has 1 aromatic heterocycles. The van der Waals surface area contributed by atoms with Crippen LogP contribution in [0.25, 0.3) is 0 Å². The van der Waals surface area contributed by atoms with Crippen molar-refractivity contribution in [2.75, 3.05) is 6.61 Å². The lowest BCUT2D eigenvalue weighted by Crippen LogP contribution is -2.07. The Kier molecular flexibility index (Phi) is 5.88. The Morgan fingerprint density at radius 2 is 2.10 bits per heavy atom. The lowest BCUT2D eigenvalue weighted by atomic mass is 9.91. The first-order valence-corrected chi connectivity index (χ1v) is 7.87. The highest BCUT2D eigenvalue weighted by molar-refractivity contribution is 6.35. The zero-order chi connectivity index (χ0) is 15.2. The molecule has 6 heteroatoms. The fraction of sp³-hybridized carbons (Fsp3) is 0.467. The van der Waals surface area contributed by atoms with Crippen LogP contribution in [0.1, 0.15) is 43.9 Å². The fourth-order valence-electron chi connectivity index (χ4n) is 2.29. The van der Waals surface area contributed by atoms with E-state index >= 15 is 0 Å². The zero-order valence-corrected chi connectivity index (χ0v) is 13.7. The van der Waals surface area contributed by atoms with Gasteiger partial charge in [-0.1, -0.05) is 37.0 Å². The summed E-state index contributed by atoms with van der Waals surface area (Å²) >= 11 is 12.5. The molecule has 1 atom stereocenters. The van der Waals surface area contributed by atoms with Gasteiger partial charge >= 0.3 is 0 Å². The minimum absolute atomic E-state index is 0.234. The molecule has 0 bridgehead atoms. The Balaban J connectivity index is 2.33. The largest absolute Gasteiger partial charge is 0.492 e. The van der Waals surface area contributed by atoms with Gasteiger partial charge in [0.05, 0.1) is 23.5 Å². The van der Waals surface area contributed by atoms with Crippen LogP contribution in [0.3, 0.4) is 0 Å². The number of aromatic amines is 1. The molecule has 0 amide bonds. The molecular formula is C15H19Cl2N3O. The quantitative estimate of drug-likeness (QED) is 0.806. The molecule has 0 aliphatic heterocycles. The van der Waals surface area contributed by atoms with Crippen molar-refractivity contribution < 1.29 is 4.74 Å². The second kappa shape index (κ2) is 7.66. The van der Waals surface area contributed by atoms with Gasteiger partial charge in [-0.2, -0.15) is 15.4 Å². The number of benzene rings is 1. The van der Waals surface area contributed by atoms with Crippen molar-refractivity contribution in [3.8, 4) is 5.75 Å². The first-order valence-electron chi connectivity index (χ1n) is 7.12. The van der Waals surface area contributed by atoms with Crippen LogP contribution in [0.5, 0.6) is 5.75 Å². The monoisotopic (exact) mass is 327 g/mol. The smallest absolute Gasteiger partial charge is 0.141 e. The van der Waals surface area contributed by atoms with Crippen molar-refractivity contribution in [3.05, 3.63) is 39.6 Å². The van der Waals surface area contributed by atoms with Gasteiger partial charge in [-0.05, 0) is 30.9 Å². The van der Waals surface area contributed by atoms with E-state index in [-0.39, 0.29) is 5.92 Å². The van der Waals surface area contributed by atoms with Crippen LogP contribution in [-0.4, -0.2) is 22.0 Å². The SMILES string of the molecule is CCCOc1c(Cl)cc(Cl)cc1C(CC)Cc1cn[nH]n1. The number of nitrogens with one attached hydrogen (secondary N) is 1. The van der Waals surface area contributed by atoms with E-state index in [9.17, 15) is 0 Å². The second-order valence-corrected chi connectivity index (χ2v) is 5.77. The standard InChI is InChI=1S/C15H19Cl2N3O/c1-3-5-21-15-13(7-11(16)8-14(15)17)10(4-2)6-12-9-18-20-19-12/h7-10H,3-6H2,1-2H3,(H,18,19,20). The van der Waals surface area contributed by atoms with E-state index in [1.54, 1.807) is 12.3 Å². The third-order valence-corrected chi connectivity index (χ3v) is 3.84. The van der Waals surface area contributed by atoms with Crippen molar-refractivity contribution in [1.82, 2.24) is 15.4 Å². The van der Waals surface area contributed by atoms with E-state index in [0.29, 0.717) is 16.7 Å². The molecule has 0 spiro atoms. The van der Waals surface area contributed by atoms with Crippen molar-refractivity contribution in [3.63, 3.8) is 0 Å². The minimum atomic E-state index is 0.234. The van der Waals surface area contributed by atoms with Gasteiger partial charge in [-0.25, -0.2) is 0 Å². The molecule has 2 rings (SSSR count). The highest BCUT2D eigenvalue weighted by atomic mass is 35.5. The summed E-state index contributed by atoms with van der Waals surface area (Å²) in [4.78, 5) is 0. The fourth-order valence-corrected chi connectivity index (χ4v) is 2.85. The maximum atomic E-state index is 6.31. The molecule has 1 unspecified atom stereocenters. The molecule has 4 nitrogen and oxygen atoms in total. The van der Waals surface area contributed by atoms with Crippen LogP contribution in [0.15, 0.2) is 18.3 Å². The molecule has 0 saturated heterocycles. The van der Waals surface area contributed by atoms with Gasteiger partial charge in [-0.15, -0.1) is 0 Å². The lowest BCUT2D eigenvalue weighted by Gasteiger charge is -2.20. The Labute approximate surface area is 134 Å². The maximum Gasteiger partial charge on any atom is 0.141 e. The number of rotatable bonds is 7. The molecule has 1 heterocycles. The van der Waals surface area contributed by atoms with Crippen molar-refractivity contribution in [2.24, 2.45) is 0 Å². The molecular weight excluding hydrogens is 309 g/mol. The van der Waals surface area contributed by atoms with E-state index in [4.69, 9.17) is 27.9 Å². The van der Waals surface area contributed by atoms with Gasteiger partial charge in [0.15, 0.2) is 0 Å². The number of hydrogen-bond donors (Lipinski definition) is 1. The molecule has 114 valence electrons. The molecule has 0 fully saturated rings. The first kappa shape index (κ1) is 16.1. The number of hydrogen-bond acceptors (Lipinski definition) is 3. The second-order valence-electron chi connectivity index (χ2n) is 4.93. The number of aromatic nitrogens is 3. The van der Waals surface area contributed by atoms with E-state index in [2.05, 4.69) is 29.3 Å². The summed E-state index contributed by atoms with van der Waals surface area (Å²) in [5, 5.41) is 11.8.